The average Bonchev–Trinajstić information content (AvgIpc) is 3.00. The minimum absolute atomic E-state index is 0.00916. The van der Waals surface area contributed by atoms with Crippen molar-refractivity contribution in [1.82, 2.24) is 14.5 Å². The average molecular weight is 304 g/mol. The fourth-order valence-electron chi connectivity index (χ4n) is 2.67. The lowest BCUT2D eigenvalue weighted by Gasteiger charge is -2.14. The van der Waals surface area contributed by atoms with E-state index in [4.69, 9.17) is 10.5 Å². The van der Waals surface area contributed by atoms with Gasteiger partial charge in [0.1, 0.15) is 12.3 Å². The number of nitrogens with two attached hydrogens (primary N) is 1. The molecule has 2 aromatic rings. The van der Waals surface area contributed by atoms with Crippen molar-refractivity contribution in [3.63, 3.8) is 0 Å². The van der Waals surface area contributed by atoms with E-state index in [9.17, 15) is 15.0 Å². The van der Waals surface area contributed by atoms with E-state index in [1.807, 2.05) is 0 Å². The summed E-state index contributed by atoms with van der Waals surface area (Å²) in [7, 11) is 0. The summed E-state index contributed by atoms with van der Waals surface area (Å²) < 4.78 is 7.23. The van der Waals surface area contributed by atoms with Crippen LogP contribution in [0.4, 0.5) is 5.95 Å². The van der Waals surface area contributed by atoms with E-state index >= 15 is 0 Å². The number of fused-ring (bicyclic) bond motifs is 1. The monoisotopic (exact) mass is 304 g/mol. The van der Waals surface area contributed by atoms with Gasteiger partial charge in [0.05, 0.1) is 23.7 Å². The molecule has 1 saturated heterocycles. The number of nitrogens with one attached hydrogen (secondary N) is 1. The highest BCUT2D eigenvalue weighted by Crippen LogP contribution is 2.32. The van der Waals surface area contributed by atoms with Gasteiger partial charge in [-0.1, -0.05) is 5.92 Å². The molecule has 116 valence electrons. The molecule has 3 atom stereocenters. The highest BCUT2D eigenvalue weighted by molar-refractivity contribution is 5.83. The first kappa shape index (κ1) is 14.6. The fourth-order valence-corrected chi connectivity index (χ4v) is 2.67. The number of nitrogen functional groups attached to an aromatic ring is 1. The second kappa shape index (κ2) is 5.46. The van der Waals surface area contributed by atoms with E-state index in [0.717, 1.165) is 0 Å². The number of aromatic nitrogens is 3. The lowest BCUT2D eigenvalue weighted by molar-refractivity contribution is -0.0430. The molecule has 1 aliphatic rings. The second-order valence-corrected chi connectivity index (χ2v) is 5.09. The Morgan fingerprint density at radius 1 is 1.64 bits per heavy atom. The maximum Gasteiger partial charge on any atom is 0.263 e. The van der Waals surface area contributed by atoms with Gasteiger partial charge in [-0.15, -0.1) is 5.92 Å². The SMILES string of the molecule is CC#Cc1cn([C@H]2C[C@H](O)[C@@H](CO)O2)c2nc(N)[nH]c(=O)c12. The number of rotatable bonds is 2. The number of hydrogen-bond donors (Lipinski definition) is 4. The zero-order valence-corrected chi connectivity index (χ0v) is 11.9. The van der Waals surface area contributed by atoms with Gasteiger partial charge in [-0.25, -0.2) is 0 Å². The lowest BCUT2D eigenvalue weighted by Crippen LogP contribution is -2.24. The Balaban J connectivity index is 2.18. The minimum atomic E-state index is -0.785. The summed E-state index contributed by atoms with van der Waals surface area (Å²) in [5.41, 5.74) is 6.08. The van der Waals surface area contributed by atoms with Gasteiger partial charge < -0.3 is 25.3 Å². The first-order valence-electron chi connectivity index (χ1n) is 6.82. The quantitative estimate of drug-likeness (QED) is 0.544. The topological polar surface area (TPSA) is 126 Å². The van der Waals surface area contributed by atoms with Crippen molar-refractivity contribution in [3.8, 4) is 11.8 Å². The van der Waals surface area contributed by atoms with E-state index in [1.54, 1.807) is 17.7 Å². The molecule has 2 aromatic heterocycles. The zero-order valence-electron chi connectivity index (χ0n) is 11.9. The third-order valence-corrected chi connectivity index (χ3v) is 3.65. The van der Waals surface area contributed by atoms with Crippen molar-refractivity contribution in [2.75, 3.05) is 12.3 Å². The number of ether oxygens (including phenoxy) is 1. The zero-order chi connectivity index (χ0) is 15.9. The van der Waals surface area contributed by atoms with Gasteiger partial charge in [-0.05, 0) is 6.92 Å². The molecule has 3 rings (SSSR count). The van der Waals surface area contributed by atoms with Crippen LogP contribution in [-0.4, -0.2) is 43.6 Å². The molecule has 0 aromatic carbocycles. The molecule has 8 heteroatoms. The number of aromatic amines is 1. The van der Waals surface area contributed by atoms with Gasteiger partial charge in [0.25, 0.3) is 5.56 Å². The van der Waals surface area contributed by atoms with Crippen LogP contribution in [0.1, 0.15) is 25.1 Å². The molecule has 5 N–H and O–H groups in total. The van der Waals surface area contributed by atoms with E-state index in [2.05, 4.69) is 21.8 Å². The molecule has 22 heavy (non-hydrogen) atoms. The van der Waals surface area contributed by atoms with E-state index in [-0.39, 0.29) is 24.5 Å². The molecule has 0 spiro atoms. The van der Waals surface area contributed by atoms with Gasteiger partial charge in [-0.2, -0.15) is 4.98 Å². The molecule has 0 bridgehead atoms. The van der Waals surface area contributed by atoms with Crippen molar-refractivity contribution in [2.24, 2.45) is 0 Å². The van der Waals surface area contributed by atoms with E-state index < -0.39 is 18.4 Å². The molecule has 8 nitrogen and oxygen atoms in total. The van der Waals surface area contributed by atoms with Crippen molar-refractivity contribution < 1.29 is 14.9 Å². The Bertz CT molecular complexity index is 829. The number of aliphatic hydroxyl groups excluding tert-OH is 2. The van der Waals surface area contributed by atoms with E-state index in [1.165, 1.54) is 0 Å². The minimum Gasteiger partial charge on any atom is -0.394 e. The molecule has 0 unspecified atom stereocenters. The number of nitrogens with zero attached hydrogens (tertiary/aromatic N) is 2. The molecular weight excluding hydrogens is 288 g/mol. The van der Waals surface area contributed by atoms with Crippen molar-refractivity contribution in [2.45, 2.75) is 31.8 Å². The summed E-state index contributed by atoms with van der Waals surface area (Å²) in [6.07, 6.45) is -0.0618. The first-order chi connectivity index (χ1) is 10.5. The number of H-pyrrole nitrogens is 1. The van der Waals surface area contributed by atoms with Crippen LogP contribution in [0.5, 0.6) is 0 Å². The third-order valence-electron chi connectivity index (χ3n) is 3.65. The maximum absolute atomic E-state index is 12.1. The normalized spacial score (nSPS) is 24.4. The van der Waals surface area contributed by atoms with Crippen LogP contribution < -0.4 is 11.3 Å². The Hall–Kier alpha value is -2.34. The van der Waals surface area contributed by atoms with Gasteiger partial charge in [0.15, 0.2) is 5.65 Å². The molecule has 0 saturated carbocycles. The van der Waals surface area contributed by atoms with Crippen LogP contribution >= 0.6 is 0 Å². The second-order valence-electron chi connectivity index (χ2n) is 5.09. The Labute approximate surface area is 125 Å². The van der Waals surface area contributed by atoms with Gasteiger partial charge in [0.2, 0.25) is 5.95 Å². The Kier molecular flexibility index (Phi) is 3.62. The highest BCUT2D eigenvalue weighted by atomic mass is 16.5. The van der Waals surface area contributed by atoms with Crippen LogP contribution in [-0.2, 0) is 4.74 Å². The molecular formula is C14H16N4O4. The molecule has 1 fully saturated rings. The Morgan fingerprint density at radius 3 is 3.05 bits per heavy atom. The molecule has 0 radical (unpaired) electrons. The summed E-state index contributed by atoms with van der Waals surface area (Å²) in [5, 5.41) is 19.4. The van der Waals surface area contributed by atoms with Crippen molar-refractivity contribution in [1.29, 1.82) is 0 Å². The number of hydrogen-bond acceptors (Lipinski definition) is 6. The van der Waals surface area contributed by atoms with Gasteiger partial charge >= 0.3 is 0 Å². The summed E-state index contributed by atoms with van der Waals surface area (Å²) in [4.78, 5) is 18.7. The van der Waals surface area contributed by atoms with Gasteiger partial charge in [0, 0.05) is 12.6 Å². The largest absolute Gasteiger partial charge is 0.394 e. The smallest absolute Gasteiger partial charge is 0.263 e. The number of aliphatic hydroxyl groups is 2. The lowest BCUT2D eigenvalue weighted by atomic mass is 10.2. The summed E-state index contributed by atoms with van der Waals surface area (Å²) in [6.45, 7) is 1.38. The van der Waals surface area contributed by atoms with Crippen LogP contribution in [0.25, 0.3) is 11.0 Å². The third kappa shape index (κ3) is 2.25. The van der Waals surface area contributed by atoms with Crippen molar-refractivity contribution in [3.05, 3.63) is 22.1 Å². The van der Waals surface area contributed by atoms with Crippen LogP contribution in [0.3, 0.4) is 0 Å². The van der Waals surface area contributed by atoms with Crippen molar-refractivity contribution >= 4 is 17.0 Å². The van der Waals surface area contributed by atoms with Gasteiger partial charge in [-0.3, -0.25) is 9.78 Å². The number of anilines is 1. The Morgan fingerprint density at radius 2 is 2.41 bits per heavy atom. The molecule has 0 aliphatic carbocycles. The van der Waals surface area contributed by atoms with E-state index in [0.29, 0.717) is 16.6 Å². The molecule has 1 aliphatic heterocycles. The summed E-state index contributed by atoms with van der Waals surface area (Å²) in [5.74, 6) is 5.59. The van der Waals surface area contributed by atoms with Crippen LogP contribution in [0, 0.1) is 11.8 Å². The van der Waals surface area contributed by atoms with Crippen LogP contribution in [0.2, 0.25) is 0 Å². The predicted octanol–water partition coefficient (Wildman–Crippen LogP) is -0.681. The first-order valence-corrected chi connectivity index (χ1v) is 6.82. The maximum atomic E-state index is 12.1. The fraction of sp³-hybridized carbons (Fsp3) is 0.429. The molecule has 3 heterocycles. The van der Waals surface area contributed by atoms with Crippen LogP contribution in [0.15, 0.2) is 11.0 Å². The predicted molar refractivity (Wildman–Crippen MR) is 78.9 cm³/mol. The summed E-state index contributed by atoms with van der Waals surface area (Å²) >= 11 is 0. The summed E-state index contributed by atoms with van der Waals surface area (Å²) in [6, 6.07) is 0. The molecule has 0 amide bonds. The highest BCUT2D eigenvalue weighted by Gasteiger charge is 2.35. The standard InChI is InChI=1S/C14H16N4O4/c1-2-3-7-5-18(10-4-8(20)9(6-19)22-10)12-11(7)13(21)17-14(15)16-12/h5,8-10,19-20H,4,6H2,1H3,(H3,15,16,17,21)/t8-,9+,10+/m0/s1.